The highest BCUT2D eigenvalue weighted by molar-refractivity contribution is 7.92. The summed E-state index contributed by atoms with van der Waals surface area (Å²) in [5.74, 6) is 1.04. The van der Waals surface area contributed by atoms with Crippen molar-refractivity contribution in [3.63, 3.8) is 0 Å². The molecular formula is C27H25N9O2S. The fourth-order valence-corrected chi connectivity index (χ4v) is 4.63. The standard InChI is InChI=1S/C27H25N9O2S/c1-18-17-19(2)29-27(28-18)36-39(37,38)23-15-13-22(14-16-23)32-33-24-25(30-20-9-5-3-6-10-20)34-35-26(24)31-21-11-7-4-8-12-21/h3-17H,1-2H3,(H,28,29,36)(H3,30,31,34,35)/b33-32+. The van der Waals surface area contributed by atoms with E-state index in [4.69, 9.17) is 0 Å². The lowest BCUT2D eigenvalue weighted by Gasteiger charge is -2.08. The average Bonchev–Trinajstić information content (AvgIpc) is 3.28. The second-order valence-electron chi connectivity index (χ2n) is 8.55. The van der Waals surface area contributed by atoms with E-state index in [2.05, 4.69) is 45.7 Å². The molecule has 0 spiro atoms. The van der Waals surface area contributed by atoms with Crippen LogP contribution in [0.15, 0.2) is 106 Å². The quantitative estimate of drug-likeness (QED) is 0.156. The summed E-state index contributed by atoms with van der Waals surface area (Å²) in [4.78, 5) is 8.33. The molecule has 39 heavy (non-hydrogen) atoms. The maximum atomic E-state index is 12.8. The van der Waals surface area contributed by atoms with Crippen molar-refractivity contribution >= 4 is 50.4 Å². The number of aromatic amines is 1. The van der Waals surface area contributed by atoms with Gasteiger partial charge in [0.05, 0.1) is 10.6 Å². The number of aromatic nitrogens is 4. The van der Waals surface area contributed by atoms with Crippen molar-refractivity contribution in [3.05, 3.63) is 102 Å². The molecule has 4 N–H and O–H groups in total. The van der Waals surface area contributed by atoms with Crippen LogP contribution < -0.4 is 15.4 Å². The first kappa shape index (κ1) is 25.5. The van der Waals surface area contributed by atoms with E-state index < -0.39 is 10.0 Å². The highest BCUT2D eigenvalue weighted by atomic mass is 32.2. The van der Waals surface area contributed by atoms with Crippen molar-refractivity contribution in [2.24, 2.45) is 10.2 Å². The number of sulfonamides is 1. The van der Waals surface area contributed by atoms with E-state index in [9.17, 15) is 8.42 Å². The first-order chi connectivity index (χ1) is 18.9. The van der Waals surface area contributed by atoms with E-state index in [1.54, 1.807) is 32.0 Å². The van der Waals surface area contributed by atoms with Crippen molar-refractivity contribution in [2.75, 3.05) is 15.4 Å². The summed E-state index contributed by atoms with van der Waals surface area (Å²) in [5, 5.41) is 22.6. The van der Waals surface area contributed by atoms with Crippen LogP contribution in [0.3, 0.4) is 0 Å². The molecule has 0 unspecified atom stereocenters. The third kappa shape index (κ3) is 6.43. The van der Waals surface area contributed by atoms with Crippen LogP contribution in [-0.2, 0) is 10.0 Å². The molecule has 0 atom stereocenters. The second kappa shape index (κ2) is 11.1. The van der Waals surface area contributed by atoms with Crippen LogP contribution in [0.4, 0.5) is 40.3 Å². The van der Waals surface area contributed by atoms with Gasteiger partial charge in [0, 0.05) is 22.8 Å². The molecule has 0 aliphatic carbocycles. The van der Waals surface area contributed by atoms with E-state index in [1.165, 1.54) is 12.1 Å². The van der Waals surface area contributed by atoms with Crippen molar-refractivity contribution < 1.29 is 8.42 Å². The number of rotatable bonds is 9. The van der Waals surface area contributed by atoms with Gasteiger partial charge in [-0.1, -0.05) is 36.4 Å². The number of nitrogens with one attached hydrogen (secondary N) is 4. The number of para-hydroxylation sites is 2. The predicted molar refractivity (Wildman–Crippen MR) is 151 cm³/mol. The summed E-state index contributed by atoms with van der Waals surface area (Å²) in [6, 6.07) is 27.0. The Morgan fingerprint density at radius 3 is 1.95 bits per heavy atom. The molecule has 0 saturated heterocycles. The number of azo groups is 1. The van der Waals surface area contributed by atoms with Crippen LogP contribution >= 0.6 is 0 Å². The van der Waals surface area contributed by atoms with Gasteiger partial charge in [0.15, 0.2) is 17.3 Å². The van der Waals surface area contributed by atoms with Crippen LogP contribution in [0, 0.1) is 13.8 Å². The lowest BCUT2D eigenvalue weighted by atomic mass is 10.3. The minimum absolute atomic E-state index is 0.0214. The first-order valence-corrected chi connectivity index (χ1v) is 13.4. The number of benzene rings is 3. The Morgan fingerprint density at radius 2 is 1.33 bits per heavy atom. The average molecular weight is 540 g/mol. The van der Waals surface area contributed by atoms with Crippen molar-refractivity contribution in [2.45, 2.75) is 18.7 Å². The lowest BCUT2D eigenvalue weighted by Crippen LogP contribution is -2.15. The molecule has 5 rings (SSSR count). The summed E-state index contributed by atoms with van der Waals surface area (Å²) in [7, 11) is -3.89. The molecule has 0 saturated carbocycles. The molecular weight excluding hydrogens is 514 g/mol. The molecule has 5 aromatic rings. The van der Waals surface area contributed by atoms with Gasteiger partial charge in [-0.2, -0.15) is 10.2 Å². The Balaban J connectivity index is 1.39. The normalized spacial score (nSPS) is 11.4. The van der Waals surface area contributed by atoms with Gasteiger partial charge in [-0.25, -0.2) is 23.1 Å². The third-order valence-corrected chi connectivity index (χ3v) is 6.78. The van der Waals surface area contributed by atoms with E-state index >= 15 is 0 Å². The Bertz CT molecular complexity index is 1620. The van der Waals surface area contributed by atoms with Crippen LogP contribution in [0.25, 0.3) is 0 Å². The molecule has 196 valence electrons. The highest BCUT2D eigenvalue weighted by Gasteiger charge is 2.17. The minimum Gasteiger partial charge on any atom is -0.339 e. The summed E-state index contributed by atoms with van der Waals surface area (Å²) in [5.41, 5.74) is 3.91. The van der Waals surface area contributed by atoms with Crippen LogP contribution in [0.2, 0.25) is 0 Å². The van der Waals surface area contributed by atoms with Gasteiger partial charge < -0.3 is 10.6 Å². The lowest BCUT2D eigenvalue weighted by molar-refractivity contribution is 0.601. The van der Waals surface area contributed by atoms with Crippen LogP contribution in [-0.4, -0.2) is 28.6 Å². The van der Waals surface area contributed by atoms with Gasteiger partial charge in [0.25, 0.3) is 10.0 Å². The second-order valence-corrected chi connectivity index (χ2v) is 10.2. The third-order valence-electron chi connectivity index (χ3n) is 5.44. The van der Waals surface area contributed by atoms with E-state index in [1.807, 2.05) is 60.7 Å². The van der Waals surface area contributed by atoms with E-state index in [-0.39, 0.29) is 10.8 Å². The molecule has 3 aromatic carbocycles. The Kier molecular flexibility index (Phi) is 7.28. The first-order valence-electron chi connectivity index (χ1n) is 12.0. The zero-order valence-electron chi connectivity index (χ0n) is 21.1. The number of aryl methyl sites for hydroxylation is 2. The minimum atomic E-state index is -3.89. The molecule has 0 radical (unpaired) electrons. The van der Waals surface area contributed by atoms with Gasteiger partial charge >= 0.3 is 0 Å². The summed E-state index contributed by atoms with van der Waals surface area (Å²) in [6.07, 6.45) is 0. The highest BCUT2D eigenvalue weighted by Crippen LogP contribution is 2.36. The molecule has 0 aliphatic rings. The smallest absolute Gasteiger partial charge is 0.264 e. The SMILES string of the molecule is Cc1cc(C)nc(NS(=O)(=O)c2ccc(/N=N/c3c(Nc4ccccc4)n[nH]c3Nc3ccccc3)cc2)n1. The molecule has 0 bridgehead atoms. The molecule has 0 amide bonds. The topological polar surface area (TPSA) is 149 Å². The van der Waals surface area contributed by atoms with Gasteiger partial charge in [-0.15, -0.1) is 5.11 Å². The van der Waals surface area contributed by atoms with Crippen molar-refractivity contribution in [1.82, 2.24) is 20.2 Å². The number of anilines is 5. The van der Waals surface area contributed by atoms with Gasteiger partial charge in [0.2, 0.25) is 5.95 Å². The Morgan fingerprint density at radius 1 is 0.744 bits per heavy atom. The number of hydrogen-bond donors (Lipinski definition) is 4. The van der Waals surface area contributed by atoms with Crippen LogP contribution in [0.1, 0.15) is 11.4 Å². The molecule has 2 aromatic heterocycles. The zero-order chi connectivity index (χ0) is 27.2. The molecule has 12 heteroatoms. The summed E-state index contributed by atoms with van der Waals surface area (Å²) >= 11 is 0. The van der Waals surface area contributed by atoms with E-state index in [0.29, 0.717) is 34.4 Å². The number of nitrogens with zero attached hydrogens (tertiary/aromatic N) is 5. The number of H-pyrrole nitrogens is 1. The maximum absolute atomic E-state index is 12.8. The molecule has 0 fully saturated rings. The van der Waals surface area contributed by atoms with E-state index in [0.717, 1.165) is 11.4 Å². The Hall–Kier alpha value is -5.10. The fourth-order valence-electron chi connectivity index (χ4n) is 3.68. The van der Waals surface area contributed by atoms with Crippen molar-refractivity contribution in [3.8, 4) is 0 Å². The maximum Gasteiger partial charge on any atom is 0.264 e. The molecule has 2 heterocycles. The monoisotopic (exact) mass is 539 g/mol. The van der Waals surface area contributed by atoms with Gasteiger partial charge in [-0.3, -0.25) is 5.10 Å². The molecule has 0 aliphatic heterocycles. The Labute approximate surface area is 225 Å². The van der Waals surface area contributed by atoms with Crippen LogP contribution in [0.5, 0.6) is 0 Å². The van der Waals surface area contributed by atoms with Gasteiger partial charge in [-0.05, 0) is 68.4 Å². The van der Waals surface area contributed by atoms with Gasteiger partial charge in [0.1, 0.15) is 0 Å². The summed E-state index contributed by atoms with van der Waals surface area (Å²) in [6.45, 7) is 3.54. The zero-order valence-corrected chi connectivity index (χ0v) is 21.9. The molecule has 11 nitrogen and oxygen atoms in total. The fraction of sp³-hybridized carbons (Fsp3) is 0.0741. The predicted octanol–water partition coefficient (Wildman–Crippen LogP) is 6.52. The number of hydrogen-bond acceptors (Lipinski definition) is 9. The largest absolute Gasteiger partial charge is 0.339 e. The summed E-state index contributed by atoms with van der Waals surface area (Å²) < 4.78 is 28.1. The van der Waals surface area contributed by atoms with Crippen molar-refractivity contribution in [1.29, 1.82) is 0 Å².